The van der Waals surface area contributed by atoms with Crippen LogP contribution in [0.25, 0.3) is 0 Å². The van der Waals surface area contributed by atoms with Crippen LogP contribution in [0, 0.1) is 0 Å². The SMILES string of the molecule is CC1=NCCNOCC(C)=NCCNOC1. The smallest absolute Gasteiger partial charge is 0.106 e. The van der Waals surface area contributed by atoms with Gasteiger partial charge in [0.15, 0.2) is 0 Å². The molecule has 1 rings (SSSR count). The number of hydrogen-bond donors (Lipinski definition) is 2. The van der Waals surface area contributed by atoms with Gasteiger partial charge in [0, 0.05) is 24.5 Å². The van der Waals surface area contributed by atoms with E-state index in [0.29, 0.717) is 39.4 Å². The van der Waals surface area contributed by atoms with Gasteiger partial charge in [-0.3, -0.25) is 19.7 Å². The first kappa shape index (κ1) is 13.2. The molecule has 6 heteroatoms. The predicted octanol–water partition coefficient (Wildman–Crippen LogP) is -0.0358. The molecule has 0 atom stereocenters. The number of aliphatic imine (C=N–C) groups is 2. The van der Waals surface area contributed by atoms with Gasteiger partial charge in [-0.15, -0.1) is 0 Å². The van der Waals surface area contributed by atoms with E-state index in [-0.39, 0.29) is 0 Å². The van der Waals surface area contributed by atoms with Gasteiger partial charge in [0.05, 0.1) is 13.1 Å². The molecule has 0 bridgehead atoms. The van der Waals surface area contributed by atoms with Crippen LogP contribution in [0.15, 0.2) is 9.98 Å². The molecule has 92 valence electrons. The highest BCUT2D eigenvalue weighted by atomic mass is 16.6. The Hall–Kier alpha value is -0.820. The van der Waals surface area contributed by atoms with Crippen LogP contribution < -0.4 is 11.0 Å². The summed E-state index contributed by atoms with van der Waals surface area (Å²) in [4.78, 5) is 19.1. The van der Waals surface area contributed by atoms with E-state index in [2.05, 4.69) is 20.9 Å². The summed E-state index contributed by atoms with van der Waals surface area (Å²) in [5.74, 6) is 0. The second-order valence-electron chi connectivity index (χ2n) is 3.60. The lowest BCUT2D eigenvalue weighted by Gasteiger charge is -2.08. The van der Waals surface area contributed by atoms with Crippen LogP contribution in [0.2, 0.25) is 0 Å². The van der Waals surface area contributed by atoms with Gasteiger partial charge < -0.3 is 0 Å². The Kier molecular flexibility index (Phi) is 6.91. The fourth-order valence-electron chi connectivity index (χ4n) is 1.13. The van der Waals surface area contributed by atoms with E-state index in [9.17, 15) is 0 Å². The first-order valence-electron chi connectivity index (χ1n) is 5.48. The largest absolute Gasteiger partial charge is 0.296 e. The summed E-state index contributed by atoms with van der Waals surface area (Å²) in [6.07, 6.45) is 0. The molecule has 0 aromatic rings. The topological polar surface area (TPSA) is 67.2 Å². The minimum absolute atomic E-state index is 0.504. The Bertz CT molecular complexity index is 227. The van der Waals surface area contributed by atoms with E-state index in [1.54, 1.807) is 0 Å². The number of hydrogen-bond acceptors (Lipinski definition) is 6. The molecular formula is C10H20N4O2. The molecule has 1 aliphatic rings. The lowest BCUT2D eigenvalue weighted by molar-refractivity contribution is 0.0680. The maximum atomic E-state index is 5.22. The van der Waals surface area contributed by atoms with E-state index >= 15 is 0 Å². The monoisotopic (exact) mass is 228 g/mol. The van der Waals surface area contributed by atoms with Crippen molar-refractivity contribution in [3.05, 3.63) is 0 Å². The third-order valence-electron chi connectivity index (χ3n) is 1.96. The van der Waals surface area contributed by atoms with Crippen LogP contribution in [-0.2, 0) is 9.68 Å². The molecular weight excluding hydrogens is 208 g/mol. The van der Waals surface area contributed by atoms with Crippen LogP contribution in [0.5, 0.6) is 0 Å². The van der Waals surface area contributed by atoms with Gasteiger partial charge in [-0.25, -0.2) is 11.0 Å². The third-order valence-corrected chi connectivity index (χ3v) is 1.96. The summed E-state index contributed by atoms with van der Waals surface area (Å²) in [5, 5.41) is 0. The first-order chi connectivity index (χ1) is 7.79. The number of nitrogens with one attached hydrogen (secondary N) is 2. The van der Waals surface area contributed by atoms with Gasteiger partial charge in [-0.05, 0) is 13.8 Å². The predicted molar refractivity (Wildman–Crippen MR) is 63.9 cm³/mol. The molecule has 16 heavy (non-hydrogen) atoms. The highest BCUT2D eigenvalue weighted by Gasteiger charge is 1.96. The minimum atomic E-state index is 0.504. The van der Waals surface area contributed by atoms with E-state index in [0.717, 1.165) is 11.4 Å². The molecule has 0 radical (unpaired) electrons. The zero-order valence-electron chi connectivity index (χ0n) is 9.95. The summed E-state index contributed by atoms with van der Waals surface area (Å²) in [5.41, 5.74) is 7.62. The Morgan fingerprint density at radius 2 is 1.31 bits per heavy atom. The Labute approximate surface area is 96.0 Å². The fraction of sp³-hybridized carbons (Fsp3) is 0.800. The lowest BCUT2D eigenvalue weighted by atomic mass is 10.4. The number of hydroxylamine groups is 2. The van der Waals surface area contributed by atoms with Gasteiger partial charge in [0.1, 0.15) is 13.2 Å². The molecule has 0 saturated carbocycles. The first-order valence-corrected chi connectivity index (χ1v) is 5.48. The van der Waals surface area contributed by atoms with E-state index < -0.39 is 0 Å². The molecule has 1 aliphatic heterocycles. The van der Waals surface area contributed by atoms with Crippen LogP contribution in [-0.4, -0.2) is 50.8 Å². The van der Waals surface area contributed by atoms with Crippen molar-refractivity contribution >= 4 is 11.4 Å². The Morgan fingerprint density at radius 3 is 1.75 bits per heavy atom. The molecule has 0 fully saturated rings. The van der Waals surface area contributed by atoms with Crippen molar-refractivity contribution in [2.75, 3.05) is 39.4 Å². The van der Waals surface area contributed by atoms with Gasteiger partial charge in [-0.2, -0.15) is 0 Å². The van der Waals surface area contributed by atoms with Crippen molar-refractivity contribution in [1.29, 1.82) is 0 Å². The van der Waals surface area contributed by atoms with E-state index in [4.69, 9.17) is 9.68 Å². The number of nitrogens with zero attached hydrogens (tertiary/aromatic N) is 2. The normalized spacial score (nSPS) is 21.9. The lowest BCUT2D eigenvalue weighted by Crippen LogP contribution is -2.25. The van der Waals surface area contributed by atoms with Gasteiger partial charge in [0.2, 0.25) is 0 Å². The molecule has 2 N–H and O–H groups in total. The maximum absolute atomic E-state index is 5.22. The highest BCUT2D eigenvalue weighted by Crippen LogP contribution is 1.83. The molecule has 0 aromatic heterocycles. The molecule has 0 aliphatic carbocycles. The molecule has 1 heterocycles. The number of rotatable bonds is 0. The summed E-state index contributed by atoms with van der Waals surface area (Å²) >= 11 is 0. The Morgan fingerprint density at radius 1 is 0.875 bits per heavy atom. The van der Waals surface area contributed by atoms with Crippen LogP contribution in [0.3, 0.4) is 0 Å². The zero-order valence-corrected chi connectivity index (χ0v) is 9.95. The molecule has 0 spiro atoms. The van der Waals surface area contributed by atoms with E-state index in [1.165, 1.54) is 0 Å². The Balaban J connectivity index is 2.34. The third kappa shape index (κ3) is 6.62. The second-order valence-corrected chi connectivity index (χ2v) is 3.60. The molecule has 0 unspecified atom stereocenters. The second kappa shape index (κ2) is 8.35. The summed E-state index contributed by atoms with van der Waals surface area (Å²) in [7, 11) is 0. The minimum Gasteiger partial charge on any atom is -0.296 e. The van der Waals surface area contributed by atoms with Gasteiger partial charge in [0.25, 0.3) is 0 Å². The quantitative estimate of drug-likeness (QED) is 0.611. The van der Waals surface area contributed by atoms with Gasteiger partial charge >= 0.3 is 0 Å². The molecule has 0 aromatic carbocycles. The summed E-state index contributed by atoms with van der Waals surface area (Å²) < 4.78 is 0. The van der Waals surface area contributed by atoms with Crippen LogP contribution in [0.1, 0.15) is 13.8 Å². The summed E-state index contributed by atoms with van der Waals surface area (Å²) in [6.45, 7) is 7.65. The van der Waals surface area contributed by atoms with Crippen molar-refractivity contribution in [3.63, 3.8) is 0 Å². The van der Waals surface area contributed by atoms with Crippen molar-refractivity contribution in [1.82, 2.24) is 11.0 Å². The van der Waals surface area contributed by atoms with E-state index in [1.807, 2.05) is 13.8 Å². The molecule has 0 saturated heterocycles. The van der Waals surface area contributed by atoms with Crippen molar-refractivity contribution < 1.29 is 9.68 Å². The maximum Gasteiger partial charge on any atom is 0.106 e. The van der Waals surface area contributed by atoms with Crippen LogP contribution in [0.4, 0.5) is 0 Å². The molecule has 0 amide bonds. The van der Waals surface area contributed by atoms with Gasteiger partial charge in [-0.1, -0.05) is 0 Å². The highest BCUT2D eigenvalue weighted by molar-refractivity contribution is 5.83. The fourth-order valence-corrected chi connectivity index (χ4v) is 1.13. The molecule has 6 nitrogen and oxygen atoms in total. The van der Waals surface area contributed by atoms with Crippen molar-refractivity contribution in [3.8, 4) is 0 Å². The standard InChI is InChI=1S/C10H20N4O2/c1-9-7-15-13-6-4-12-10(2)8-16-14-5-3-11-9/h13-14H,3-8H2,1-2H3. The zero-order chi connectivity index (χ0) is 11.6. The average Bonchev–Trinajstić information content (AvgIpc) is 2.27. The van der Waals surface area contributed by atoms with Crippen molar-refractivity contribution in [2.24, 2.45) is 9.98 Å². The average molecular weight is 228 g/mol. The summed E-state index contributed by atoms with van der Waals surface area (Å²) in [6, 6.07) is 0. The van der Waals surface area contributed by atoms with Crippen molar-refractivity contribution in [2.45, 2.75) is 13.8 Å². The van der Waals surface area contributed by atoms with Crippen LogP contribution >= 0.6 is 0 Å².